The fourth-order valence-corrected chi connectivity index (χ4v) is 2.82. The molecule has 92 valence electrons. The summed E-state index contributed by atoms with van der Waals surface area (Å²) in [6.45, 7) is 0. The van der Waals surface area contributed by atoms with Crippen molar-refractivity contribution in [3.05, 3.63) is 70.0 Å². The molecule has 0 amide bonds. The maximum Gasteiger partial charge on any atom is 0.123 e. The second kappa shape index (κ2) is 4.38. The largest absolute Gasteiger partial charge is 0.388 e. The number of rotatable bonds is 1. The summed E-state index contributed by atoms with van der Waals surface area (Å²) in [6.07, 6.45) is 0.161. The van der Waals surface area contributed by atoms with Gasteiger partial charge in [0.2, 0.25) is 0 Å². The van der Waals surface area contributed by atoms with Gasteiger partial charge in [-0.1, -0.05) is 29.8 Å². The number of aliphatic hydroxyl groups excluding tert-OH is 1. The molecular formula is C15H12ClFO. The summed E-state index contributed by atoms with van der Waals surface area (Å²) in [5.41, 5.74) is 2.98. The van der Waals surface area contributed by atoms with Gasteiger partial charge in [0.1, 0.15) is 5.82 Å². The lowest BCUT2D eigenvalue weighted by atomic mass is 9.93. The molecule has 0 unspecified atom stereocenters. The van der Waals surface area contributed by atoms with E-state index in [1.165, 1.54) is 12.1 Å². The number of aliphatic hydroxyl groups is 1. The van der Waals surface area contributed by atoms with Gasteiger partial charge in [-0.3, -0.25) is 0 Å². The number of fused-ring (bicyclic) bond motifs is 1. The van der Waals surface area contributed by atoms with Gasteiger partial charge in [-0.25, -0.2) is 4.39 Å². The van der Waals surface area contributed by atoms with Crippen molar-refractivity contribution >= 4 is 11.6 Å². The van der Waals surface area contributed by atoms with Crippen LogP contribution in [0.1, 0.15) is 35.1 Å². The van der Waals surface area contributed by atoms with Crippen molar-refractivity contribution in [3.63, 3.8) is 0 Å². The topological polar surface area (TPSA) is 20.2 Å². The first kappa shape index (κ1) is 11.7. The van der Waals surface area contributed by atoms with E-state index >= 15 is 0 Å². The van der Waals surface area contributed by atoms with Gasteiger partial charge in [0.25, 0.3) is 0 Å². The lowest BCUT2D eigenvalue weighted by Crippen LogP contribution is -1.96. The van der Waals surface area contributed by atoms with E-state index in [1.54, 1.807) is 18.2 Å². The van der Waals surface area contributed by atoms with Crippen molar-refractivity contribution < 1.29 is 9.50 Å². The third kappa shape index (κ3) is 1.92. The molecule has 0 aromatic heterocycles. The average Bonchev–Trinajstić information content (AvgIpc) is 2.67. The van der Waals surface area contributed by atoms with Crippen LogP contribution in [0.4, 0.5) is 4.39 Å². The van der Waals surface area contributed by atoms with Gasteiger partial charge in [0.05, 0.1) is 6.10 Å². The monoisotopic (exact) mass is 262 g/mol. The van der Waals surface area contributed by atoms with Crippen LogP contribution >= 0.6 is 11.6 Å². The third-order valence-corrected chi connectivity index (χ3v) is 3.75. The molecule has 3 heteroatoms. The molecule has 0 saturated heterocycles. The zero-order valence-corrected chi connectivity index (χ0v) is 10.4. The van der Waals surface area contributed by atoms with Crippen LogP contribution in [0.3, 0.4) is 0 Å². The zero-order chi connectivity index (χ0) is 12.7. The smallest absolute Gasteiger partial charge is 0.123 e. The summed E-state index contributed by atoms with van der Waals surface area (Å²) in [4.78, 5) is 0. The van der Waals surface area contributed by atoms with Gasteiger partial charge in [0.15, 0.2) is 0 Å². The summed E-state index contributed by atoms with van der Waals surface area (Å²) >= 11 is 6.01. The first-order valence-electron chi connectivity index (χ1n) is 5.88. The fourth-order valence-electron chi connectivity index (χ4n) is 2.64. The van der Waals surface area contributed by atoms with Crippen molar-refractivity contribution in [2.75, 3.05) is 0 Å². The summed E-state index contributed by atoms with van der Waals surface area (Å²) in [6, 6.07) is 12.0. The van der Waals surface area contributed by atoms with Crippen molar-refractivity contribution in [1.29, 1.82) is 0 Å². The highest BCUT2D eigenvalue weighted by atomic mass is 35.5. The van der Waals surface area contributed by atoms with Crippen molar-refractivity contribution in [1.82, 2.24) is 0 Å². The minimum Gasteiger partial charge on any atom is -0.388 e. The molecule has 0 spiro atoms. The molecule has 1 nitrogen and oxygen atoms in total. The minimum absolute atomic E-state index is 0.0919. The molecule has 3 rings (SSSR count). The summed E-state index contributed by atoms with van der Waals surface area (Å²) in [5.74, 6) is -0.155. The molecular weight excluding hydrogens is 251 g/mol. The molecule has 0 radical (unpaired) electrons. The molecule has 0 heterocycles. The second-order valence-electron chi connectivity index (χ2n) is 4.63. The van der Waals surface area contributed by atoms with Crippen LogP contribution in [0, 0.1) is 5.82 Å². The molecule has 2 atom stereocenters. The van der Waals surface area contributed by atoms with E-state index in [0.29, 0.717) is 11.4 Å². The third-order valence-electron chi connectivity index (χ3n) is 3.51. The fraction of sp³-hybridized carbons (Fsp3) is 0.200. The van der Waals surface area contributed by atoms with E-state index in [2.05, 4.69) is 0 Å². The molecule has 0 bridgehead atoms. The Morgan fingerprint density at radius 3 is 2.50 bits per heavy atom. The first-order chi connectivity index (χ1) is 8.65. The predicted octanol–water partition coefficient (Wildman–Crippen LogP) is 4.05. The Hall–Kier alpha value is -1.38. The lowest BCUT2D eigenvalue weighted by Gasteiger charge is -2.12. The van der Waals surface area contributed by atoms with Crippen molar-refractivity contribution in [2.24, 2.45) is 0 Å². The van der Waals surface area contributed by atoms with Gasteiger partial charge < -0.3 is 5.11 Å². The highest BCUT2D eigenvalue weighted by Crippen LogP contribution is 2.44. The quantitative estimate of drug-likeness (QED) is 0.822. The Morgan fingerprint density at radius 2 is 1.78 bits per heavy atom. The van der Waals surface area contributed by atoms with Crippen LogP contribution in [0.15, 0.2) is 42.5 Å². The van der Waals surface area contributed by atoms with E-state index in [0.717, 1.165) is 16.7 Å². The number of halogens is 2. The molecule has 1 N–H and O–H groups in total. The number of hydrogen-bond donors (Lipinski definition) is 1. The molecule has 0 aliphatic heterocycles. The standard InChI is InChI=1S/C15H12ClFO/c16-10-3-6-12-14(7-10)13(8-15(12)18)9-1-4-11(17)5-2-9/h1-7,13,15,18H,8H2/t13-,15-/m1/s1. The number of hydrogen-bond acceptors (Lipinski definition) is 1. The first-order valence-corrected chi connectivity index (χ1v) is 6.26. The van der Waals surface area contributed by atoms with Crippen LogP contribution < -0.4 is 0 Å². The van der Waals surface area contributed by atoms with Gasteiger partial charge >= 0.3 is 0 Å². The van der Waals surface area contributed by atoms with Crippen molar-refractivity contribution in [2.45, 2.75) is 18.4 Å². The molecule has 0 saturated carbocycles. The normalized spacial score (nSPS) is 21.9. The average molecular weight is 263 g/mol. The Labute approximate surface area is 110 Å². The van der Waals surface area contributed by atoms with Gasteiger partial charge in [0, 0.05) is 10.9 Å². The molecule has 18 heavy (non-hydrogen) atoms. The van der Waals surface area contributed by atoms with Crippen LogP contribution in [0.25, 0.3) is 0 Å². The molecule has 0 fully saturated rings. The Balaban J connectivity index is 2.06. The van der Waals surface area contributed by atoms with Crippen LogP contribution in [0.2, 0.25) is 5.02 Å². The molecule has 2 aromatic rings. The van der Waals surface area contributed by atoms with Crippen LogP contribution in [-0.2, 0) is 0 Å². The second-order valence-corrected chi connectivity index (χ2v) is 5.07. The van der Waals surface area contributed by atoms with E-state index in [1.807, 2.05) is 12.1 Å². The Bertz CT molecular complexity index is 580. The summed E-state index contributed by atoms with van der Waals surface area (Å²) in [7, 11) is 0. The minimum atomic E-state index is -0.465. The van der Waals surface area contributed by atoms with E-state index < -0.39 is 6.10 Å². The highest BCUT2D eigenvalue weighted by Gasteiger charge is 2.30. The van der Waals surface area contributed by atoms with Gasteiger partial charge in [-0.15, -0.1) is 0 Å². The molecule has 1 aliphatic carbocycles. The van der Waals surface area contributed by atoms with E-state index in [9.17, 15) is 9.50 Å². The van der Waals surface area contributed by atoms with Crippen LogP contribution in [-0.4, -0.2) is 5.11 Å². The SMILES string of the molecule is O[C@@H]1C[C@H](c2ccc(F)cc2)c2cc(Cl)ccc21. The lowest BCUT2D eigenvalue weighted by molar-refractivity contribution is 0.176. The van der Waals surface area contributed by atoms with E-state index in [-0.39, 0.29) is 11.7 Å². The Morgan fingerprint density at radius 1 is 1.06 bits per heavy atom. The molecule has 1 aliphatic rings. The summed E-state index contributed by atoms with van der Waals surface area (Å²) in [5, 5.41) is 10.7. The summed E-state index contributed by atoms with van der Waals surface area (Å²) < 4.78 is 12.9. The maximum atomic E-state index is 12.9. The predicted molar refractivity (Wildman–Crippen MR) is 69.3 cm³/mol. The van der Waals surface area contributed by atoms with Gasteiger partial charge in [-0.2, -0.15) is 0 Å². The maximum absolute atomic E-state index is 12.9. The molecule has 2 aromatic carbocycles. The van der Waals surface area contributed by atoms with Crippen LogP contribution in [0.5, 0.6) is 0 Å². The highest BCUT2D eigenvalue weighted by molar-refractivity contribution is 6.30. The van der Waals surface area contributed by atoms with Gasteiger partial charge in [-0.05, 0) is 47.4 Å². The zero-order valence-electron chi connectivity index (χ0n) is 9.61. The van der Waals surface area contributed by atoms with Crippen molar-refractivity contribution in [3.8, 4) is 0 Å². The Kier molecular flexibility index (Phi) is 2.84. The van der Waals surface area contributed by atoms with E-state index in [4.69, 9.17) is 11.6 Å². The number of benzene rings is 2.